The van der Waals surface area contributed by atoms with Crippen LogP contribution in [-0.2, 0) is 13.1 Å². The van der Waals surface area contributed by atoms with Crippen molar-refractivity contribution in [2.45, 2.75) is 39.9 Å². The molecule has 0 unspecified atom stereocenters. The van der Waals surface area contributed by atoms with Gasteiger partial charge >= 0.3 is 6.03 Å². The molecule has 1 aromatic carbocycles. The van der Waals surface area contributed by atoms with E-state index in [2.05, 4.69) is 24.1 Å². The number of hydrogen-bond donors (Lipinski definition) is 1. The first-order valence-corrected chi connectivity index (χ1v) is 8.14. The van der Waals surface area contributed by atoms with Crippen molar-refractivity contribution in [2.24, 2.45) is 5.92 Å². The van der Waals surface area contributed by atoms with E-state index in [0.717, 1.165) is 11.1 Å². The van der Waals surface area contributed by atoms with Crippen molar-refractivity contribution >= 4 is 6.03 Å². The van der Waals surface area contributed by atoms with Gasteiger partial charge in [-0.3, -0.25) is 4.98 Å². The third kappa shape index (κ3) is 5.33. The predicted octanol–water partition coefficient (Wildman–Crippen LogP) is 3.98. The van der Waals surface area contributed by atoms with Gasteiger partial charge in [-0.1, -0.05) is 26.0 Å². The molecular weight excluding hydrogens is 305 g/mol. The summed E-state index contributed by atoms with van der Waals surface area (Å²) in [4.78, 5) is 18.4. The highest BCUT2D eigenvalue weighted by Gasteiger charge is 2.18. The molecule has 2 aromatic rings. The van der Waals surface area contributed by atoms with Crippen LogP contribution in [0, 0.1) is 11.7 Å². The molecule has 0 saturated heterocycles. The van der Waals surface area contributed by atoms with Gasteiger partial charge in [-0.15, -0.1) is 0 Å². The standard InChI is InChI=1S/C19H24FN3O/c1-14(2)15(3)22-19(24)23(13-17-8-10-21-11-9-17)12-16-4-6-18(20)7-5-16/h4-11,14-15H,12-13H2,1-3H3,(H,22,24)/t15-/m1/s1. The number of nitrogens with one attached hydrogen (secondary N) is 1. The first-order valence-electron chi connectivity index (χ1n) is 8.14. The van der Waals surface area contributed by atoms with Crippen LogP contribution in [0.5, 0.6) is 0 Å². The summed E-state index contributed by atoms with van der Waals surface area (Å²) >= 11 is 0. The van der Waals surface area contributed by atoms with Gasteiger partial charge in [0.1, 0.15) is 5.82 Å². The van der Waals surface area contributed by atoms with E-state index in [1.807, 2.05) is 19.1 Å². The molecule has 0 radical (unpaired) electrons. The van der Waals surface area contributed by atoms with Crippen molar-refractivity contribution in [3.05, 3.63) is 65.7 Å². The van der Waals surface area contributed by atoms with Crippen LogP contribution in [0.1, 0.15) is 31.9 Å². The molecule has 5 heteroatoms. The van der Waals surface area contributed by atoms with E-state index in [-0.39, 0.29) is 17.9 Å². The number of hydrogen-bond acceptors (Lipinski definition) is 2. The Balaban J connectivity index is 2.13. The van der Waals surface area contributed by atoms with Crippen molar-refractivity contribution in [1.29, 1.82) is 0 Å². The van der Waals surface area contributed by atoms with Gasteiger partial charge < -0.3 is 10.2 Å². The zero-order valence-corrected chi connectivity index (χ0v) is 14.4. The van der Waals surface area contributed by atoms with E-state index in [1.165, 1.54) is 12.1 Å². The monoisotopic (exact) mass is 329 g/mol. The molecule has 1 N–H and O–H groups in total. The average Bonchev–Trinajstić information content (AvgIpc) is 2.57. The van der Waals surface area contributed by atoms with Crippen LogP contribution in [0.4, 0.5) is 9.18 Å². The van der Waals surface area contributed by atoms with E-state index in [4.69, 9.17) is 0 Å². The summed E-state index contributed by atoms with van der Waals surface area (Å²) in [5.41, 5.74) is 1.89. The topological polar surface area (TPSA) is 45.2 Å². The fourth-order valence-corrected chi connectivity index (χ4v) is 2.17. The Bertz CT molecular complexity index is 643. The van der Waals surface area contributed by atoms with Crippen LogP contribution in [0.2, 0.25) is 0 Å². The van der Waals surface area contributed by atoms with Crippen LogP contribution in [0.25, 0.3) is 0 Å². The van der Waals surface area contributed by atoms with Gasteiger partial charge in [-0.05, 0) is 48.2 Å². The quantitative estimate of drug-likeness (QED) is 0.871. The summed E-state index contributed by atoms with van der Waals surface area (Å²) in [5.74, 6) is 0.0693. The van der Waals surface area contributed by atoms with E-state index >= 15 is 0 Å². The maximum Gasteiger partial charge on any atom is 0.318 e. The van der Waals surface area contributed by atoms with E-state index in [9.17, 15) is 9.18 Å². The lowest BCUT2D eigenvalue weighted by Gasteiger charge is -2.27. The van der Waals surface area contributed by atoms with Crippen LogP contribution in [0.15, 0.2) is 48.8 Å². The molecule has 1 heterocycles. The lowest BCUT2D eigenvalue weighted by atomic mass is 10.1. The predicted molar refractivity (Wildman–Crippen MR) is 92.7 cm³/mol. The number of rotatable bonds is 6. The number of amides is 2. The Kier molecular flexibility index (Phi) is 6.29. The Morgan fingerprint density at radius 2 is 1.58 bits per heavy atom. The minimum atomic E-state index is -0.280. The largest absolute Gasteiger partial charge is 0.335 e. The average molecular weight is 329 g/mol. The summed E-state index contributed by atoms with van der Waals surface area (Å²) in [6.07, 6.45) is 3.42. The highest BCUT2D eigenvalue weighted by molar-refractivity contribution is 5.74. The van der Waals surface area contributed by atoms with Gasteiger partial charge in [0.2, 0.25) is 0 Å². The molecule has 4 nitrogen and oxygen atoms in total. The molecule has 128 valence electrons. The van der Waals surface area contributed by atoms with Gasteiger partial charge in [-0.25, -0.2) is 9.18 Å². The SMILES string of the molecule is CC(C)[C@@H](C)NC(=O)N(Cc1ccncc1)Cc1ccc(F)cc1. The van der Waals surface area contributed by atoms with Gasteiger partial charge in [0.05, 0.1) is 0 Å². The zero-order valence-electron chi connectivity index (χ0n) is 14.4. The minimum absolute atomic E-state index is 0.0747. The number of nitrogens with zero attached hydrogens (tertiary/aromatic N) is 2. The Labute approximate surface area is 142 Å². The number of carbonyl (C=O) groups excluding carboxylic acids is 1. The van der Waals surface area contributed by atoms with Crippen LogP contribution in [-0.4, -0.2) is 22.0 Å². The molecule has 0 aliphatic carbocycles. The van der Waals surface area contributed by atoms with Crippen molar-refractivity contribution in [3.63, 3.8) is 0 Å². The smallest absolute Gasteiger partial charge is 0.318 e. The van der Waals surface area contributed by atoms with Crippen molar-refractivity contribution < 1.29 is 9.18 Å². The van der Waals surface area contributed by atoms with Gasteiger partial charge in [0, 0.05) is 31.5 Å². The lowest BCUT2D eigenvalue weighted by molar-refractivity contribution is 0.186. The number of aromatic nitrogens is 1. The summed E-state index contributed by atoms with van der Waals surface area (Å²) in [7, 11) is 0. The third-order valence-electron chi connectivity index (χ3n) is 4.05. The van der Waals surface area contributed by atoms with Crippen molar-refractivity contribution in [3.8, 4) is 0 Å². The molecule has 0 fully saturated rings. The molecule has 24 heavy (non-hydrogen) atoms. The molecule has 1 atom stereocenters. The third-order valence-corrected chi connectivity index (χ3v) is 4.05. The number of pyridine rings is 1. The second kappa shape index (κ2) is 8.43. The lowest BCUT2D eigenvalue weighted by Crippen LogP contribution is -2.44. The van der Waals surface area contributed by atoms with E-state index in [0.29, 0.717) is 19.0 Å². The van der Waals surface area contributed by atoms with Crippen LogP contribution in [0.3, 0.4) is 0 Å². The highest BCUT2D eigenvalue weighted by Crippen LogP contribution is 2.12. The maximum atomic E-state index is 13.1. The zero-order chi connectivity index (χ0) is 17.5. The minimum Gasteiger partial charge on any atom is -0.335 e. The molecular formula is C19H24FN3O. The Hall–Kier alpha value is -2.43. The molecule has 0 aliphatic heterocycles. The summed E-state index contributed by atoms with van der Waals surface area (Å²) in [6, 6.07) is 9.95. The highest BCUT2D eigenvalue weighted by atomic mass is 19.1. The van der Waals surface area contributed by atoms with Crippen molar-refractivity contribution in [2.75, 3.05) is 0 Å². The Morgan fingerprint density at radius 3 is 2.12 bits per heavy atom. The molecule has 0 bridgehead atoms. The fraction of sp³-hybridized carbons (Fsp3) is 0.368. The summed E-state index contributed by atoms with van der Waals surface area (Å²) in [5, 5.41) is 3.03. The second-order valence-electron chi connectivity index (χ2n) is 6.32. The first-order chi connectivity index (χ1) is 11.5. The molecule has 0 spiro atoms. The Morgan fingerprint density at radius 1 is 1.04 bits per heavy atom. The fourth-order valence-electron chi connectivity index (χ4n) is 2.17. The number of benzene rings is 1. The van der Waals surface area contributed by atoms with Crippen LogP contribution >= 0.6 is 0 Å². The number of urea groups is 1. The summed E-state index contributed by atoms with van der Waals surface area (Å²) in [6.45, 7) is 7.01. The molecule has 1 aromatic heterocycles. The normalized spacial score (nSPS) is 12.0. The van der Waals surface area contributed by atoms with Gasteiger partial charge in [0.25, 0.3) is 0 Å². The molecule has 2 amide bonds. The second-order valence-corrected chi connectivity index (χ2v) is 6.32. The number of halogens is 1. The van der Waals surface area contributed by atoms with E-state index in [1.54, 1.807) is 29.4 Å². The van der Waals surface area contributed by atoms with Crippen molar-refractivity contribution in [1.82, 2.24) is 15.2 Å². The molecule has 0 saturated carbocycles. The van der Waals surface area contributed by atoms with Gasteiger partial charge in [0.15, 0.2) is 0 Å². The maximum absolute atomic E-state index is 13.1. The van der Waals surface area contributed by atoms with E-state index < -0.39 is 0 Å². The molecule has 2 rings (SSSR count). The first kappa shape index (κ1) is 17.9. The number of carbonyl (C=O) groups is 1. The summed E-state index contributed by atoms with van der Waals surface area (Å²) < 4.78 is 13.1. The molecule has 0 aliphatic rings. The van der Waals surface area contributed by atoms with Crippen LogP contribution < -0.4 is 5.32 Å². The van der Waals surface area contributed by atoms with Gasteiger partial charge in [-0.2, -0.15) is 0 Å².